The van der Waals surface area contributed by atoms with Gasteiger partial charge in [0.15, 0.2) is 36.7 Å². The molecule has 0 spiro atoms. The highest BCUT2D eigenvalue weighted by molar-refractivity contribution is 5.86. The number of fused-ring (bicyclic) bond motifs is 7. The molecule has 5 heterocycles. The molecule has 9 aliphatic rings. The molecular weight excluding hydrogens is 981 g/mol. The van der Waals surface area contributed by atoms with Crippen LogP contribution in [0, 0.1) is 46.3 Å². The van der Waals surface area contributed by atoms with Gasteiger partial charge in [-0.25, -0.2) is 0 Å². The quantitative estimate of drug-likeness (QED) is 0.0782. The lowest BCUT2D eigenvalue weighted by Crippen LogP contribution is -2.66. The summed E-state index contributed by atoms with van der Waals surface area (Å²) in [4.78, 5) is 14.4. The van der Waals surface area contributed by atoms with Crippen LogP contribution in [0.5, 0.6) is 0 Å². The third-order valence-corrected chi connectivity index (χ3v) is 19.3. The Balaban J connectivity index is 0.824. The summed E-state index contributed by atoms with van der Waals surface area (Å²) >= 11 is 0. The molecule has 23 heteroatoms. The van der Waals surface area contributed by atoms with E-state index in [0.717, 1.165) is 31.3 Å². The average Bonchev–Trinajstić information content (AvgIpc) is 3.80. The van der Waals surface area contributed by atoms with Crippen LogP contribution in [0.4, 0.5) is 0 Å². The summed E-state index contributed by atoms with van der Waals surface area (Å²) < 4.78 is 53.5. The van der Waals surface area contributed by atoms with Gasteiger partial charge in [-0.2, -0.15) is 0 Å². The van der Waals surface area contributed by atoms with E-state index < -0.39 is 153 Å². The maximum atomic E-state index is 14.4. The van der Waals surface area contributed by atoms with E-state index in [1.54, 1.807) is 0 Å². The Bertz CT molecular complexity index is 1980. The van der Waals surface area contributed by atoms with Gasteiger partial charge in [-0.3, -0.25) is 4.79 Å². The number of allylic oxidation sites excluding steroid dienone is 1. The number of Topliss-reactive ketones (excluding diaryl/α,β-unsaturated/α-hetero) is 1. The van der Waals surface area contributed by atoms with Gasteiger partial charge in [0.05, 0.1) is 38.1 Å². The van der Waals surface area contributed by atoms with Gasteiger partial charge in [-0.1, -0.05) is 39.3 Å². The highest BCUT2D eigenvalue weighted by Gasteiger charge is 2.68. The Hall–Kier alpha value is -1.47. The number of ether oxygens (including phenoxy) is 9. The van der Waals surface area contributed by atoms with Crippen LogP contribution in [0.1, 0.15) is 92.9 Å². The van der Waals surface area contributed by atoms with E-state index >= 15 is 0 Å². The van der Waals surface area contributed by atoms with Crippen molar-refractivity contribution < 1.29 is 114 Å². The number of carbonyl (C=O) groups excluding carboxylic acids is 1. The molecule has 0 aromatic carbocycles. The van der Waals surface area contributed by atoms with E-state index in [-0.39, 0.29) is 72.3 Å². The molecular formula is C51H82O23. The summed E-state index contributed by atoms with van der Waals surface area (Å²) in [6.45, 7) is 10.3. The molecule has 0 unspecified atom stereocenters. The molecule has 5 saturated heterocycles. The lowest BCUT2D eigenvalue weighted by molar-refractivity contribution is -0.382. The number of hydrogen-bond acceptors (Lipinski definition) is 23. The summed E-state index contributed by atoms with van der Waals surface area (Å²) in [6.07, 6.45) is -24.3. The number of aliphatic hydroxyl groups excluding tert-OH is 12. The first-order chi connectivity index (χ1) is 34.9. The van der Waals surface area contributed by atoms with E-state index in [2.05, 4.69) is 26.8 Å². The van der Waals surface area contributed by atoms with Gasteiger partial charge in [-0.05, 0) is 86.4 Å². The minimum atomic E-state index is -1.86. The van der Waals surface area contributed by atoms with Crippen LogP contribution in [0.25, 0.3) is 0 Å². The average molecular weight is 1060 g/mol. The first-order valence-corrected chi connectivity index (χ1v) is 26.7. The fourth-order valence-corrected chi connectivity index (χ4v) is 14.8. The summed E-state index contributed by atoms with van der Waals surface area (Å²) in [5.74, 6) is -1.10. The van der Waals surface area contributed by atoms with Crippen LogP contribution in [0.3, 0.4) is 0 Å². The number of rotatable bonds is 14. The van der Waals surface area contributed by atoms with Gasteiger partial charge in [0.1, 0.15) is 91.6 Å². The van der Waals surface area contributed by atoms with Crippen molar-refractivity contribution in [2.75, 3.05) is 19.8 Å². The van der Waals surface area contributed by atoms with Crippen LogP contribution in [0.2, 0.25) is 0 Å². The zero-order valence-electron chi connectivity index (χ0n) is 42.9. The van der Waals surface area contributed by atoms with Crippen molar-refractivity contribution in [1.82, 2.24) is 0 Å². The lowest BCUT2D eigenvalue weighted by atomic mass is 9.46. The van der Waals surface area contributed by atoms with E-state index in [9.17, 15) is 71.2 Å². The smallest absolute Gasteiger partial charge is 0.187 e. The molecule has 13 N–H and O–H groups in total. The van der Waals surface area contributed by atoms with Gasteiger partial charge < -0.3 is 109 Å². The Morgan fingerprint density at radius 3 is 1.95 bits per heavy atom. The van der Waals surface area contributed by atoms with E-state index in [4.69, 9.17) is 42.6 Å². The summed E-state index contributed by atoms with van der Waals surface area (Å²) in [6, 6.07) is 0. The van der Waals surface area contributed by atoms with Crippen molar-refractivity contribution in [3.8, 4) is 0 Å². The minimum Gasteiger partial charge on any atom is -0.394 e. The fraction of sp³-hybridized carbons (Fsp3) is 0.941. The maximum Gasteiger partial charge on any atom is 0.187 e. The minimum absolute atomic E-state index is 0.0895. The van der Waals surface area contributed by atoms with Gasteiger partial charge >= 0.3 is 0 Å². The molecule has 9 rings (SSSR count). The predicted octanol–water partition coefficient (Wildman–Crippen LogP) is -2.80. The molecule has 23 nitrogen and oxygen atoms in total. The second-order valence-electron chi connectivity index (χ2n) is 23.8. The molecule has 0 aromatic rings. The Morgan fingerprint density at radius 2 is 1.27 bits per heavy atom. The monoisotopic (exact) mass is 1060 g/mol. The van der Waals surface area contributed by atoms with Crippen molar-refractivity contribution in [3.63, 3.8) is 0 Å². The summed E-state index contributed by atoms with van der Waals surface area (Å²) in [7, 11) is 0. The molecule has 74 heavy (non-hydrogen) atoms. The second-order valence-corrected chi connectivity index (χ2v) is 23.8. The van der Waals surface area contributed by atoms with E-state index in [1.807, 2.05) is 6.92 Å². The van der Waals surface area contributed by atoms with E-state index in [1.165, 1.54) is 13.8 Å². The van der Waals surface area contributed by atoms with Crippen LogP contribution >= 0.6 is 0 Å². The molecule has 0 amide bonds. The first kappa shape index (κ1) is 57.2. The van der Waals surface area contributed by atoms with Crippen molar-refractivity contribution in [2.24, 2.45) is 46.3 Å². The molecule has 8 fully saturated rings. The Morgan fingerprint density at radius 1 is 0.689 bits per heavy atom. The second kappa shape index (κ2) is 21.9. The highest BCUT2D eigenvalue weighted by Crippen LogP contribution is 2.70. The van der Waals surface area contributed by atoms with Gasteiger partial charge in [0, 0.05) is 25.2 Å². The van der Waals surface area contributed by atoms with Crippen LogP contribution in [-0.4, -0.2) is 233 Å². The highest BCUT2D eigenvalue weighted by atomic mass is 16.8. The molecule has 0 radical (unpaired) electrons. The molecule has 424 valence electrons. The third kappa shape index (κ3) is 10.0. The largest absolute Gasteiger partial charge is 0.394 e. The van der Waals surface area contributed by atoms with Crippen molar-refractivity contribution in [1.29, 1.82) is 0 Å². The Labute approximate surface area is 430 Å². The maximum absolute atomic E-state index is 14.4. The lowest BCUT2D eigenvalue weighted by Gasteiger charge is -2.58. The number of ketones is 1. The molecule has 0 aromatic heterocycles. The Kier molecular flexibility index (Phi) is 16.9. The number of carbonyl (C=O) groups is 1. The van der Waals surface area contributed by atoms with Gasteiger partial charge in [0.2, 0.25) is 0 Å². The molecule has 0 bridgehead atoms. The topological polar surface area (TPSA) is 363 Å². The van der Waals surface area contributed by atoms with Crippen molar-refractivity contribution >= 4 is 5.78 Å². The first-order valence-electron chi connectivity index (χ1n) is 26.7. The van der Waals surface area contributed by atoms with Crippen LogP contribution in [-0.2, 0) is 47.4 Å². The standard InChI is InChI=1S/C51H82O23/c1-19(18-66-45-40(62)37(59)34(56)30(16-52)70-45)9-12-51(65)20(2)32-29(74-51)14-26-24-8-7-23-13-28(27(54)15-50(23,6)25(24)10-11-49(26,32)5)69-48-44(38(60)35(57)31(17-53)71-48)73-47-42(64)39(61)43(22(4)68-47)72-46-41(63)36(58)33(55)21(3)67-46/h7,19-22,24-26,28-48,52-53,55-65H,8-18H2,1-6H3/t19-,20-,21-,22-,24+,25-,26-,28+,29-,30+,31+,32-,33-,34+,35+,36+,37-,38-,39-,40+,41+,42+,43-,44+,45+,46-,47-,48+,49-,50-,51+/m0/s1. The van der Waals surface area contributed by atoms with Crippen LogP contribution in [0.15, 0.2) is 11.6 Å². The third-order valence-electron chi connectivity index (χ3n) is 19.3. The van der Waals surface area contributed by atoms with E-state index in [0.29, 0.717) is 12.8 Å². The molecule has 31 atom stereocenters. The van der Waals surface area contributed by atoms with Crippen molar-refractivity contribution in [3.05, 3.63) is 11.6 Å². The number of aliphatic hydroxyl groups is 13. The summed E-state index contributed by atoms with van der Waals surface area (Å²) in [5, 5.41) is 138. The van der Waals surface area contributed by atoms with Crippen molar-refractivity contribution in [2.45, 2.75) is 234 Å². The summed E-state index contributed by atoms with van der Waals surface area (Å²) in [5.41, 5.74) is 0.420. The zero-order chi connectivity index (χ0) is 53.7. The zero-order valence-corrected chi connectivity index (χ0v) is 42.9. The van der Waals surface area contributed by atoms with Crippen LogP contribution < -0.4 is 0 Å². The van der Waals surface area contributed by atoms with Gasteiger partial charge in [-0.15, -0.1) is 0 Å². The SMILES string of the molecule is C[C@@H](CC[C@@]1(O)O[C@H]2C[C@H]3[C@@H]4CC=C5C[C@@H](O[C@@H]6O[C@H](CO)[C@@H](O)[C@H](O)[C@H]6O[C@@H]6O[C@@H](C)[C@H](O[C@@H]7O[C@@H](C)[C@H](O)[C@@H](O)[C@H]7O)[C@@H](O)[C@H]6O)C(=O)C[C@]5(C)[C@H]4CC[C@]3(C)[C@H]2[C@@H]1C)CO[C@@H]1O[C@H](CO)[C@@H](O)[C@H](O)[C@H]1O. The number of hydrogen-bond donors (Lipinski definition) is 13. The van der Waals surface area contributed by atoms with Gasteiger partial charge in [0.25, 0.3) is 0 Å². The molecule has 3 saturated carbocycles. The predicted molar refractivity (Wildman–Crippen MR) is 249 cm³/mol. The normalized spacial score (nSPS) is 54.9. The molecule has 5 aliphatic heterocycles. The molecule has 4 aliphatic carbocycles. The fourth-order valence-electron chi connectivity index (χ4n) is 14.8.